The van der Waals surface area contributed by atoms with Crippen LogP contribution in [0.3, 0.4) is 0 Å². The third-order valence-electron chi connectivity index (χ3n) is 6.82. The Bertz CT molecular complexity index is 1490. The zero-order valence-electron chi connectivity index (χ0n) is 19.6. The van der Waals surface area contributed by atoms with E-state index in [1.54, 1.807) is 4.90 Å². The molecule has 1 unspecified atom stereocenters. The molecule has 4 aromatic rings. The number of imidazole rings is 1. The Morgan fingerprint density at radius 2 is 2.03 bits per heavy atom. The smallest absolute Gasteiger partial charge is 0.281 e. The first-order chi connectivity index (χ1) is 17.8. The van der Waals surface area contributed by atoms with Crippen LogP contribution in [0.15, 0.2) is 24.7 Å². The molecule has 2 saturated heterocycles. The number of hydrogen-bond acceptors (Lipinski definition) is 7. The van der Waals surface area contributed by atoms with Crippen molar-refractivity contribution < 1.29 is 31.4 Å². The molecule has 1 atom stereocenters. The lowest BCUT2D eigenvalue weighted by atomic mass is 10.1. The second-order valence-electron chi connectivity index (χ2n) is 9.12. The average molecular weight is 523 g/mol. The summed E-state index contributed by atoms with van der Waals surface area (Å²) in [7, 11) is 1.30. The molecule has 6 rings (SSSR count). The molecular formula is C23H22F5N7O2. The molecule has 14 heteroatoms. The SMILES string of the molecule is COc1nc(NC2CN(C3COC3)CC2(F)F)nn2cc(F)c(-c3cc(F)c4ncn(CCF)c4c3)c12. The van der Waals surface area contributed by atoms with Crippen LogP contribution >= 0.6 is 0 Å². The van der Waals surface area contributed by atoms with Crippen LogP contribution in [0, 0.1) is 11.6 Å². The van der Waals surface area contributed by atoms with Crippen LogP contribution in [0.4, 0.5) is 27.9 Å². The van der Waals surface area contributed by atoms with Gasteiger partial charge in [-0.25, -0.2) is 31.5 Å². The first-order valence-corrected chi connectivity index (χ1v) is 11.6. The molecule has 1 aromatic carbocycles. The molecule has 0 bridgehead atoms. The summed E-state index contributed by atoms with van der Waals surface area (Å²) in [4.78, 5) is 9.83. The van der Waals surface area contributed by atoms with Gasteiger partial charge in [0.05, 0.1) is 63.1 Å². The number of aryl methyl sites for hydroxylation is 1. The van der Waals surface area contributed by atoms with E-state index in [-0.39, 0.29) is 58.6 Å². The molecule has 0 aliphatic carbocycles. The minimum absolute atomic E-state index is 0.0239. The van der Waals surface area contributed by atoms with Crippen molar-refractivity contribution in [3.63, 3.8) is 0 Å². The number of nitrogens with zero attached hydrogens (tertiary/aromatic N) is 6. The van der Waals surface area contributed by atoms with E-state index in [1.165, 1.54) is 24.1 Å². The third-order valence-corrected chi connectivity index (χ3v) is 6.82. The highest BCUT2D eigenvalue weighted by atomic mass is 19.3. The Kier molecular flexibility index (Phi) is 5.67. The van der Waals surface area contributed by atoms with E-state index < -0.39 is 36.8 Å². The minimum atomic E-state index is -3.05. The fourth-order valence-corrected chi connectivity index (χ4v) is 4.87. The van der Waals surface area contributed by atoms with Crippen molar-refractivity contribution in [2.24, 2.45) is 0 Å². The summed E-state index contributed by atoms with van der Waals surface area (Å²) in [5.74, 6) is -4.80. The summed E-state index contributed by atoms with van der Waals surface area (Å²) in [6.07, 6.45) is 2.34. The summed E-state index contributed by atoms with van der Waals surface area (Å²) in [5.41, 5.74) is 0.464. The van der Waals surface area contributed by atoms with Gasteiger partial charge in [0, 0.05) is 6.54 Å². The predicted octanol–water partition coefficient (Wildman–Crippen LogP) is 3.13. The van der Waals surface area contributed by atoms with Crippen molar-refractivity contribution >= 4 is 22.5 Å². The van der Waals surface area contributed by atoms with Gasteiger partial charge in [0.2, 0.25) is 11.8 Å². The van der Waals surface area contributed by atoms with E-state index in [0.29, 0.717) is 13.2 Å². The van der Waals surface area contributed by atoms with E-state index in [9.17, 15) is 17.6 Å². The number of methoxy groups -OCH3 is 1. The monoisotopic (exact) mass is 523 g/mol. The molecule has 2 fully saturated rings. The van der Waals surface area contributed by atoms with Crippen molar-refractivity contribution in [2.75, 3.05) is 45.4 Å². The topological polar surface area (TPSA) is 81.7 Å². The summed E-state index contributed by atoms with van der Waals surface area (Å²) in [6.45, 7) is -0.284. The molecule has 5 heterocycles. The maximum atomic E-state index is 15.3. The number of halogens is 5. The summed E-state index contributed by atoms with van der Waals surface area (Å²) >= 11 is 0. The maximum Gasteiger partial charge on any atom is 0.281 e. The molecular weight excluding hydrogens is 501 g/mol. The van der Waals surface area contributed by atoms with E-state index in [1.807, 2.05) is 0 Å². The van der Waals surface area contributed by atoms with Gasteiger partial charge in [0.15, 0.2) is 11.6 Å². The van der Waals surface area contributed by atoms with Crippen molar-refractivity contribution in [3.8, 4) is 17.0 Å². The number of alkyl halides is 3. The highest BCUT2D eigenvalue weighted by Gasteiger charge is 2.51. The molecule has 196 valence electrons. The average Bonchev–Trinajstić information content (AvgIpc) is 3.45. The number of rotatable bonds is 7. The minimum Gasteiger partial charge on any atom is -0.479 e. The van der Waals surface area contributed by atoms with Gasteiger partial charge in [-0.15, -0.1) is 5.10 Å². The molecule has 0 spiro atoms. The Hall–Kier alpha value is -3.52. The van der Waals surface area contributed by atoms with Crippen molar-refractivity contribution in [2.45, 2.75) is 24.6 Å². The number of benzene rings is 1. The van der Waals surface area contributed by atoms with Gasteiger partial charge < -0.3 is 19.4 Å². The van der Waals surface area contributed by atoms with Crippen LogP contribution in [0.5, 0.6) is 5.88 Å². The highest BCUT2D eigenvalue weighted by molar-refractivity contribution is 5.90. The fraction of sp³-hybridized carbons (Fsp3) is 0.435. The Balaban J connectivity index is 1.39. The second kappa shape index (κ2) is 8.80. The van der Waals surface area contributed by atoms with Gasteiger partial charge in [-0.1, -0.05) is 0 Å². The lowest BCUT2D eigenvalue weighted by molar-refractivity contribution is -0.0711. The van der Waals surface area contributed by atoms with E-state index in [0.717, 1.165) is 16.8 Å². The Labute approximate surface area is 206 Å². The van der Waals surface area contributed by atoms with Crippen molar-refractivity contribution in [1.82, 2.24) is 29.0 Å². The number of likely N-dealkylation sites (tertiary alicyclic amines) is 1. The Morgan fingerprint density at radius 3 is 2.73 bits per heavy atom. The van der Waals surface area contributed by atoms with Gasteiger partial charge in [-0.05, 0) is 17.7 Å². The maximum absolute atomic E-state index is 15.3. The molecule has 2 aliphatic heterocycles. The molecule has 37 heavy (non-hydrogen) atoms. The molecule has 1 N–H and O–H groups in total. The van der Waals surface area contributed by atoms with E-state index >= 15 is 4.39 Å². The van der Waals surface area contributed by atoms with Gasteiger partial charge in [-0.3, -0.25) is 4.90 Å². The zero-order valence-corrected chi connectivity index (χ0v) is 19.6. The summed E-state index contributed by atoms with van der Waals surface area (Å²) < 4.78 is 85.5. The second-order valence-corrected chi connectivity index (χ2v) is 9.12. The van der Waals surface area contributed by atoms with E-state index in [2.05, 4.69) is 20.4 Å². The summed E-state index contributed by atoms with van der Waals surface area (Å²) in [6, 6.07) is 1.26. The highest BCUT2D eigenvalue weighted by Crippen LogP contribution is 2.37. The van der Waals surface area contributed by atoms with Crippen LogP contribution in [0.1, 0.15) is 0 Å². The van der Waals surface area contributed by atoms with Gasteiger partial charge >= 0.3 is 0 Å². The van der Waals surface area contributed by atoms with Crippen LogP contribution in [-0.4, -0.2) is 87.1 Å². The lowest BCUT2D eigenvalue weighted by Gasteiger charge is -2.34. The van der Waals surface area contributed by atoms with Crippen LogP contribution in [0.25, 0.3) is 27.7 Å². The van der Waals surface area contributed by atoms with Gasteiger partial charge in [0.1, 0.15) is 23.7 Å². The van der Waals surface area contributed by atoms with Gasteiger partial charge in [0.25, 0.3) is 5.92 Å². The van der Waals surface area contributed by atoms with Gasteiger partial charge in [-0.2, -0.15) is 4.98 Å². The van der Waals surface area contributed by atoms with Crippen LogP contribution in [-0.2, 0) is 11.3 Å². The first kappa shape index (κ1) is 23.9. The van der Waals surface area contributed by atoms with Crippen molar-refractivity contribution in [1.29, 1.82) is 0 Å². The zero-order chi connectivity index (χ0) is 25.9. The number of aromatic nitrogens is 5. The lowest BCUT2D eigenvalue weighted by Crippen LogP contribution is -2.48. The number of nitrogens with one attached hydrogen (secondary N) is 1. The van der Waals surface area contributed by atoms with Crippen LogP contribution < -0.4 is 10.1 Å². The molecule has 9 nitrogen and oxygen atoms in total. The molecule has 0 saturated carbocycles. The largest absolute Gasteiger partial charge is 0.479 e. The Morgan fingerprint density at radius 1 is 1.22 bits per heavy atom. The number of anilines is 1. The van der Waals surface area contributed by atoms with Crippen LogP contribution in [0.2, 0.25) is 0 Å². The summed E-state index contributed by atoms with van der Waals surface area (Å²) in [5, 5.41) is 6.85. The third kappa shape index (κ3) is 3.94. The first-order valence-electron chi connectivity index (χ1n) is 11.6. The normalized spacial score (nSPS) is 20.1. The fourth-order valence-electron chi connectivity index (χ4n) is 4.87. The standard InChI is InChI=1S/C23H22F5N7O2/c1-36-21-20-18(12-4-14(25)19-16(5-12)33(3-2-24)11-29-19)15(26)6-35(20)32-22(31-21)30-17-7-34(10-23(17,27)28)13-8-37-9-13/h4-6,11,13,17H,2-3,7-10H2,1H3,(H,30,32). The molecule has 0 amide bonds. The molecule has 0 radical (unpaired) electrons. The molecule has 2 aliphatic rings. The number of fused-ring (bicyclic) bond motifs is 2. The number of ether oxygens (including phenoxy) is 2. The van der Waals surface area contributed by atoms with Crippen molar-refractivity contribution in [3.05, 3.63) is 36.3 Å². The number of hydrogen-bond donors (Lipinski definition) is 1. The van der Waals surface area contributed by atoms with E-state index in [4.69, 9.17) is 9.47 Å². The predicted molar refractivity (Wildman–Crippen MR) is 123 cm³/mol. The quantitative estimate of drug-likeness (QED) is 0.373. The molecule has 3 aromatic heterocycles.